The fourth-order valence-corrected chi connectivity index (χ4v) is 4.93. The number of nitrogens with zero attached hydrogens (tertiary/aromatic N) is 3. The van der Waals surface area contributed by atoms with Crippen LogP contribution in [0.3, 0.4) is 0 Å². The third-order valence-electron chi connectivity index (χ3n) is 6.41. The quantitative estimate of drug-likeness (QED) is 0.542. The van der Waals surface area contributed by atoms with E-state index in [9.17, 15) is 9.18 Å². The van der Waals surface area contributed by atoms with E-state index in [1.807, 2.05) is 29.1 Å². The maximum Gasteiger partial charge on any atom is 0.179 e. The van der Waals surface area contributed by atoms with Crippen molar-refractivity contribution in [2.75, 3.05) is 19.6 Å². The van der Waals surface area contributed by atoms with Gasteiger partial charge in [-0.25, -0.2) is 4.39 Å². The van der Waals surface area contributed by atoms with Gasteiger partial charge in [-0.2, -0.15) is 5.10 Å². The Morgan fingerprint density at radius 3 is 2.45 bits per heavy atom. The van der Waals surface area contributed by atoms with Crippen LogP contribution in [0.2, 0.25) is 0 Å². The van der Waals surface area contributed by atoms with Crippen molar-refractivity contribution in [1.82, 2.24) is 14.7 Å². The Balaban J connectivity index is 1.11. The minimum absolute atomic E-state index is 0.124. The molecular formula is C25H26FN3O2. The molecule has 2 heterocycles. The summed E-state index contributed by atoms with van der Waals surface area (Å²) >= 11 is 0. The lowest BCUT2D eigenvalue weighted by molar-refractivity contribution is 0.0936. The molecule has 1 saturated heterocycles. The molecule has 1 aliphatic carbocycles. The maximum atomic E-state index is 13.1. The van der Waals surface area contributed by atoms with Gasteiger partial charge in [-0.1, -0.05) is 30.3 Å². The minimum atomic E-state index is -0.249. The first-order chi connectivity index (χ1) is 15.1. The summed E-state index contributed by atoms with van der Waals surface area (Å²) in [5, 5.41) is 4.36. The topological polar surface area (TPSA) is 47.4 Å². The predicted octanol–water partition coefficient (Wildman–Crippen LogP) is 4.04. The van der Waals surface area contributed by atoms with Crippen LogP contribution in [0.1, 0.15) is 28.8 Å². The van der Waals surface area contributed by atoms with Gasteiger partial charge < -0.3 is 4.74 Å². The van der Waals surface area contributed by atoms with E-state index in [0.29, 0.717) is 30.5 Å². The predicted molar refractivity (Wildman–Crippen MR) is 116 cm³/mol. The first-order valence-electron chi connectivity index (χ1n) is 10.9. The number of likely N-dealkylation sites (tertiary alicyclic amines) is 1. The van der Waals surface area contributed by atoms with Crippen LogP contribution in [0.25, 0.3) is 0 Å². The van der Waals surface area contributed by atoms with Crippen molar-refractivity contribution in [3.8, 4) is 5.75 Å². The lowest BCUT2D eigenvalue weighted by atomic mass is 10.0. The van der Waals surface area contributed by atoms with Crippen molar-refractivity contribution in [1.29, 1.82) is 0 Å². The van der Waals surface area contributed by atoms with Crippen molar-refractivity contribution < 1.29 is 13.9 Å². The number of rotatable bonds is 7. The summed E-state index contributed by atoms with van der Waals surface area (Å²) in [6, 6.07) is 16.3. The van der Waals surface area contributed by atoms with Gasteiger partial charge in [0.1, 0.15) is 11.6 Å². The Labute approximate surface area is 181 Å². The molecule has 1 saturated carbocycles. The number of carbonyl (C=O) groups excluding carboxylic acids is 1. The fourth-order valence-electron chi connectivity index (χ4n) is 4.93. The standard InChI is InChI=1S/C25H26FN3O2/c26-22-6-8-23(9-7-22)31-24-10-19-14-28(15-20(19)11-24)17-25(30)21-12-27-29(16-21)13-18-4-2-1-3-5-18/h1-9,12,16,19-20,24H,10-11,13-15,17H2/t19-,20+,24-. The lowest BCUT2D eigenvalue weighted by Gasteiger charge is -2.19. The van der Waals surface area contributed by atoms with Crippen molar-refractivity contribution in [3.63, 3.8) is 0 Å². The van der Waals surface area contributed by atoms with Crippen molar-refractivity contribution in [2.24, 2.45) is 11.8 Å². The SMILES string of the molecule is O=C(CN1C[C@H]2C[C@@H](Oc3ccc(F)cc3)C[C@H]2C1)c1cnn(Cc2ccccc2)c1. The van der Waals surface area contributed by atoms with Crippen LogP contribution >= 0.6 is 0 Å². The summed E-state index contributed by atoms with van der Waals surface area (Å²) in [6.07, 6.45) is 5.67. The summed E-state index contributed by atoms with van der Waals surface area (Å²) in [5.74, 6) is 1.71. The largest absolute Gasteiger partial charge is 0.490 e. The Hall–Kier alpha value is -2.99. The Bertz CT molecular complexity index is 1020. The number of hydrogen-bond acceptors (Lipinski definition) is 4. The molecule has 6 heteroatoms. The fraction of sp³-hybridized carbons (Fsp3) is 0.360. The van der Waals surface area contributed by atoms with Crippen LogP contribution in [0.4, 0.5) is 4.39 Å². The number of fused-ring (bicyclic) bond motifs is 1. The molecule has 0 spiro atoms. The molecule has 0 radical (unpaired) electrons. The molecule has 31 heavy (non-hydrogen) atoms. The zero-order valence-electron chi connectivity index (χ0n) is 17.4. The van der Waals surface area contributed by atoms with Crippen LogP contribution in [0.5, 0.6) is 5.75 Å². The molecule has 1 aliphatic heterocycles. The van der Waals surface area contributed by atoms with E-state index in [2.05, 4.69) is 22.1 Å². The highest BCUT2D eigenvalue weighted by Crippen LogP contribution is 2.39. The molecule has 3 atom stereocenters. The molecule has 1 aromatic heterocycles. The van der Waals surface area contributed by atoms with Gasteiger partial charge >= 0.3 is 0 Å². The van der Waals surface area contributed by atoms with E-state index >= 15 is 0 Å². The smallest absolute Gasteiger partial charge is 0.179 e. The van der Waals surface area contributed by atoms with Gasteiger partial charge in [0.2, 0.25) is 0 Å². The van der Waals surface area contributed by atoms with Crippen LogP contribution < -0.4 is 4.74 Å². The van der Waals surface area contributed by atoms with Gasteiger partial charge in [0, 0.05) is 19.3 Å². The Morgan fingerprint density at radius 1 is 1.03 bits per heavy atom. The molecule has 0 unspecified atom stereocenters. The summed E-state index contributed by atoms with van der Waals surface area (Å²) in [5.41, 5.74) is 1.83. The molecule has 2 aromatic carbocycles. The Kier molecular flexibility index (Phi) is 5.55. The molecule has 5 nitrogen and oxygen atoms in total. The second-order valence-corrected chi connectivity index (χ2v) is 8.71. The number of Topliss-reactive ketones (excluding diaryl/α,β-unsaturated/α-hetero) is 1. The third-order valence-corrected chi connectivity index (χ3v) is 6.41. The van der Waals surface area contributed by atoms with Gasteiger partial charge in [-0.15, -0.1) is 0 Å². The highest BCUT2D eigenvalue weighted by Gasteiger charge is 2.42. The lowest BCUT2D eigenvalue weighted by Crippen LogP contribution is -2.29. The van der Waals surface area contributed by atoms with Gasteiger partial charge in [-0.3, -0.25) is 14.4 Å². The average molecular weight is 420 g/mol. The second kappa shape index (κ2) is 8.63. The van der Waals surface area contributed by atoms with E-state index in [-0.39, 0.29) is 17.7 Å². The number of aromatic nitrogens is 2. The van der Waals surface area contributed by atoms with E-state index in [1.54, 1.807) is 18.3 Å². The number of benzene rings is 2. The molecule has 0 bridgehead atoms. The number of carbonyl (C=O) groups is 1. The first kappa shape index (κ1) is 19.9. The van der Waals surface area contributed by atoms with E-state index in [0.717, 1.165) is 37.2 Å². The molecule has 160 valence electrons. The second-order valence-electron chi connectivity index (χ2n) is 8.71. The summed E-state index contributed by atoms with van der Waals surface area (Å²) < 4.78 is 20.9. The highest BCUT2D eigenvalue weighted by molar-refractivity contribution is 5.97. The van der Waals surface area contributed by atoms with Gasteiger partial charge in [0.15, 0.2) is 5.78 Å². The van der Waals surface area contributed by atoms with Gasteiger partial charge in [0.25, 0.3) is 0 Å². The normalized spacial score (nSPS) is 23.1. The molecule has 3 aromatic rings. The van der Waals surface area contributed by atoms with Gasteiger partial charge in [0.05, 0.1) is 31.0 Å². The summed E-state index contributed by atoms with van der Waals surface area (Å²) in [7, 11) is 0. The molecule has 2 aliphatic rings. The zero-order chi connectivity index (χ0) is 21.2. The van der Waals surface area contributed by atoms with E-state index < -0.39 is 0 Å². The molecular weight excluding hydrogens is 393 g/mol. The number of hydrogen-bond donors (Lipinski definition) is 0. The molecule has 0 N–H and O–H groups in total. The summed E-state index contributed by atoms with van der Waals surface area (Å²) in [6.45, 7) is 2.96. The van der Waals surface area contributed by atoms with Crippen LogP contribution in [-0.4, -0.2) is 46.2 Å². The number of halogens is 1. The van der Waals surface area contributed by atoms with Crippen molar-refractivity contribution in [2.45, 2.75) is 25.5 Å². The van der Waals surface area contributed by atoms with Crippen LogP contribution in [0, 0.1) is 17.7 Å². The Morgan fingerprint density at radius 2 is 1.74 bits per heavy atom. The van der Waals surface area contributed by atoms with Crippen LogP contribution in [0.15, 0.2) is 67.0 Å². The van der Waals surface area contributed by atoms with Crippen LogP contribution in [-0.2, 0) is 6.54 Å². The third kappa shape index (κ3) is 4.69. The monoisotopic (exact) mass is 419 g/mol. The van der Waals surface area contributed by atoms with E-state index in [4.69, 9.17) is 4.74 Å². The average Bonchev–Trinajstić information content (AvgIpc) is 3.46. The number of ketones is 1. The molecule has 5 rings (SSSR count). The highest BCUT2D eigenvalue weighted by atomic mass is 19.1. The number of ether oxygens (including phenoxy) is 1. The summed E-state index contributed by atoms with van der Waals surface area (Å²) in [4.78, 5) is 15.0. The zero-order valence-corrected chi connectivity index (χ0v) is 17.4. The molecule has 2 fully saturated rings. The van der Waals surface area contributed by atoms with Crippen molar-refractivity contribution >= 4 is 5.78 Å². The minimum Gasteiger partial charge on any atom is -0.490 e. The first-order valence-corrected chi connectivity index (χ1v) is 10.9. The van der Waals surface area contributed by atoms with Gasteiger partial charge in [-0.05, 0) is 54.5 Å². The maximum absolute atomic E-state index is 13.1. The van der Waals surface area contributed by atoms with Crippen molar-refractivity contribution in [3.05, 3.63) is 83.9 Å². The van der Waals surface area contributed by atoms with E-state index in [1.165, 1.54) is 12.1 Å². The molecule has 0 amide bonds.